The first-order chi connectivity index (χ1) is 11.8. The molecule has 0 unspecified atom stereocenters. The summed E-state index contributed by atoms with van der Waals surface area (Å²) in [5, 5.41) is 2.15. The number of imidazole rings is 1. The lowest BCUT2D eigenvalue weighted by Crippen LogP contribution is -2.42. The van der Waals surface area contributed by atoms with Crippen molar-refractivity contribution in [3.8, 4) is 0 Å². The number of aromatic nitrogens is 4. The molecule has 3 aromatic rings. The largest absolute Gasteiger partial charge is 0.332 e. The van der Waals surface area contributed by atoms with E-state index in [1.54, 1.807) is 7.05 Å². The number of nitrogens with zero attached hydrogens (tertiary/aromatic N) is 4. The Hall–Kier alpha value is -2.94. The van der Waals surface area contributed by atoms with Crippen LogP contribution in [0.2, 0.25) is 5.02 Å². The normalized spacial score (nSPS) is 11.0. The van der Waals surface area contributed by atoms with Gasteiger partial charge in [0, 0.05) is 14.1 Å². The minimum absolute atomic E-state index is 0.135. The molecule has 0 atom stereocenters. The molecule has 130 valence electrons. The van der Waals surface area contributed by atoms with Crippen LogP contribution in [-0.4, -0.2) is 24.6 Å². The summed E-state index contributed by atoms with van der Waals surface area (Å²) >= 11 is 5.65. The van der Waals surface area contributed by atoms with Crippen molar-refractivity contribution < 1.29 is 9.18 Å². The monoisotopic (exact) mass is 365 g/mol. The fraction of sp³-hybridized carbons (Fsp3) is 0.200. The Kier molecular flexibility index (Phi) is 4.17. The molecule has 0 aliphatic heterocycles. The smallest absolute Gasteiger partial charge is 0.328 e. The van der Waals surface area contributed by atoms with E-state index >= 15 is 0 Å². The number of hydrogen-bond acceptors (Lipinski definition) is 4. The summed E-state index contributed by atoms with van der Waals surface area (Å²) in [5.74, 6) is -1.53. The summed E-state index contributed by atoms with van der Waals surface area (Å²) in [6.07, 6.45) is 1.40. The molecule has 0 saturated heterocycles. The molecule has 8 nitrogen and oxygen atoms in total. The SMILES string of the molecule is Cn1cnc2c1c(=O)n(CC(=O)Nc1cccc(Cl)c1F)c(=O)n2C. The molecule has 2 heterocycles. The molecular formula is C15H13ClFN5O3. The van der Waals surface area contributed by atoms with Gasteiger partial charge in [-0.15, -0.1) is 0 Å². The maximum atomic E-state index is 13.9. The lowest BCUT2D eigenvalue weighted by molar-refractivity contribution is -0.116. The topological polar surface area (TPSA) is 90.9 Å². The highest BCUT2D eigenvalue weighted by molar-refractivity contribution is 6.31. The minimum atomic E-state index is -0.792. The number of carbonyl (C=O) groups excluding carboxylic acids is 1. The van der Waals surface area contributed by atoms with Crippen molar-refractivity contribution in [2.45, 2.75) is 6.54 Å². The van der Waals surface area contributed by atoms with Gasteiger partial charge >= 0.3 is 5.69 Å². The van der Waals surface area contributed by atoms with Crippen LogP contribution < -0.4 is 16.6 Å². The summed E-state index contributed by atoms with van der Waals surface area (Å²) in [6, 6.07) is 4.13. The number of benzene rings is 1. The van der Waals surface area contributed by atoms with Crippen molar-refractivity contribution in [1.82, 2.24) is 18.7 Å². The van der Waals surface area contributed by atoms with E-state index in [9.17, 15) is 18.8 Å². The van der Waals surface area contributed by atoms with Gasteiger partial charge in [-0.1, -0.05) is 17.7 Å². The Labute approximate surface area is 145 Å². The predicted molar refractivity (Wildman–Crippen MR) is 90.3 cm³/mol. The van der Waals surface area contributed by atoms with Crippen molar-refractivity contribution in [2.24, 2.45) is 14.1 Å². The summed E-state index contributed by atoms with van der Waals surface area (Å²) in [7, 11) is 3.05. The van der Waals surface area contributed by atoms with E-state index in [2.05, 4.69) is 10.3 Å². The Balaban J connectivity index is 1.99. The summed E-state index contributed by atoms with van der Waals surface area (Å²) < 4.78 is 17.2. The second-order valence-electron chi connectivity index (χ2n) is 5.41. The second kappa shape index (κ2) is 6.17. The first-order valence-corrected chi connectivity index (χ1v) is 7.53. The zero-order chi connectivity index (χ0) is 18.3. The standard InChI is InChI=1S/C15H13ClFN5O3/c1-20-7-18-13-12(20)14(24)22(15(25)21(13)2)6-10(23)19-9-5-3-4-8(16)11(9)17/h3-5,7H,6H2,1-2H3,(H,19,23). The minimum Gasteiger partial charge on any atom is -0.328 e. The van der Waals surface area contributed by atoms with E-state index in [1.165, 1.54) is 40.7 Å². The molecule has 10 heteroatoms. The Morgan fingerprint density at radius 1 is 1.32 bits per heavy atom. The molecule has 0 fully saturated rings. The van der Waals surface area contributed by atoms with Crippen LogP contribution in [0, 0.1) is 5.82 Å². The molecule has 0 aliphatic rings. The number of halogens is 2. The van der Waals surface area contributed by atoms with Crippen LogP contribution in [0.1, 0.15) is 0 Å². The quantitative estimate of drug-likeness (QED) is 0.745. The van der Waals surface area contributed by atoms with Crippen molar-refractivity contribution >= 4 is 34.4 Å². The lowest BCUT2D eigenvalue weighted by Gasteiger charge is -2.10. The number of carbonyl (C=O) groups is 1. The van der Waals surface area contributed by atoms with Crippen LogP contribution in [-0.2, 0) is 25.4 Å². The van der Waals surface area contributed by atoms with Gasteiger partial charge in [-0.3, -0.25) is 14.2 Å². The van der Waals surface area contributed by atoms with E-state index in [0.29, 0.717) is 0 Å². The first-order valence-electron chi connectivity index (χ1n) is 7.16. The number of rotatable bonds is 3. The number of anilines is 1. The van der Waals surface area contributed by atoms with Gasteiger partial charge in [-0.05, 0) is 12.1 Å². The van der Waals surface area contributed by atoms with E-state index < -0.39 is 29.5 Å². The highest BCUT2D eigenvalue weighted by Crippen LogP contribution is 2.21. The summed E-state index contributed by atoms with van der Waals surface area (Å²) in [6.45, 7) is -0.571. The average molecular weight is 366 g/mol. The van der Waals surface area contributed by atoms with Crippen LogP contribution in [0.5, 0.6) is 0 Å². The second-order valence-corrected chi connectivity index (χ2v) is 5.82. The Morgan fingerprint density at radius 2 is 2.04 bits per heavy atom. The third-order valence-corrected chi connectivity index (χ3v) is 4.02. The predicted octanol–water partition coefficient (Wildman–Crippen LogP) is 0.865. The Bertz CT molecular complexity index is 1110. The van der Waals surface area contributed by atoms with Crippen LogP contribution in [0.4, 0.5) is 10.1 Å². The van der Waals surface area contributed by atoms with Crippen LogP contribution in [0.25, 0.3) is 11.2 Å². The highest BCUT2D eigenvalue weighted by Gasteiger charge is 2.17. The Morgan fingerprint density at radius 3 is 2.76 bits per heavy atom. The molecule has 0 aliphatic carbocycles. The molecule has 3 rings (SSSR count). The fourth-order valence-electron chi connectivity index (χ4n) is 2.47. The molecule has 1 amide bonds. The van der Waals surface area contributed by atoms with Gasteiger partial charge in [0.05, 0.1) is 17.0 Å². The summed E-state index contributed by atoms with van der Waals surface area (Å²) in [5.41, 5.74) is -1.08. The summed E-state index contributed by atoms with van der Waals surface area (Å²) in [4.78, 5) is 41.0. The van der Waals surface area contributed by atoms with Crippen molar-refractivity contribution in [3.63, 3.8) is 0 Å². The van der Waals surface area contributed by atoms with E-state index in [0.717, 1.165) is 4.57 Å². The van der Waals surface area contributed by atoms with Crippen LogP contribution in [0.15, 0.2) is 34.1 Å². The molecule has 0 bridgehead atoms. The van der Waals surface area contributed by atoms with E-state index in [-0.39, 0.29) is 21.9 Å². The molecular weight excluding hydrogens is 353 g/mol. The molecule has 0 saturated carbocycles. The first kappa shape index (κ1) is 16.9. The van der Waals surface area contributed by atoms with Gasteiger partial charge in [0.1, 0.15) is 6.54 Å². The average Bonchev–Trinajstić information content (AvgIpc) is 2.96. The number of aryl methyl sites for hydroxylation is 2. The lowest BCUT2D eigenvalue weighted by atomic mass is 10.3. The number of nitrogens with one attached hydrogen (secondary N) is 1. The molecule has 1 aromatic carbocycles. The van der Waals surface area contributed by atoms with Gasteiger partial charge in [0.25, 0.3) is 5.56 Å². The van der Waals surface area contributed by atoms with E-state index in [1.807, 2.05) is 0 Å². The molecule has 1 N–H and O–H groups in total. The van der Waals surface area contributed by atoms with Gasteiger partial charge in [-0.2, -0.15) is 0 Å². The highest BCUT2D eigenvalue weighted by atomic mass is 35.5. The van der Waals surface area contributed by atoms with Crippen molar-refractivity contribution in [1.29, 1.82) is 0 Å². The number of fused-ring (bicyclic) bond motifs is 1. The molecule has 0 spiro atoms. The van der Waals surface area contributed by atoms with Crippen LogP contribution >= 0.6 is 11.6 Å². The van der Waals surface area contributed by atoms with Gasteiger partial charge in [0.15, 0.2) is 17.0 Å². The van der Waals surface area contributed by atoms with Crippen molar-refractivity contribution in [2.75, 3.05) is 5.32 Å². The van der Waals surface area contributed by atoms with Gasteiger partial charge in [0.2, 0.25) is 5.91 Å². The van der Waals surface area contributed by atoms with Gasteiger partial charge in [-0.25, -0.2) is 18.7 Å². The number of amides is 1. The van der Waals surface area contributed by atoms with Gasteiger partial charge < -0.3 is 9.88 Å². The zero-order valence-corrected chi connectivity index (χ0v) is 14.0. The zero-order valence-electron chi connectivity index (χ0n) is 13.3. The van der Waals surface area contributed by atoms with Crippen LogP contribution in [0.3, 0.4) is 0 Å². The van der Waals surface area contributed by atoms with E-state index in [4.69, 9.17) is 11.6 Å². The fourth-order valence-corrected chi connectivity index (χ4v) is 2.64. The number of hydrogen-bond donors (Lipinski definition) is 1. The maximum Gasteiger partial charge on any atom is 0.332 e. The van der Waals surface area contributed by atoms with Crippen molar-refractivity contribution in [3.05, 3.63) is 56.2 Å². The molecule has 0 radical (unpaired) electrons. The maximum absolute atomic E-state index is 13.9. The molecule has 2 aromatic heterocycles. The third-order valence-electron chi connectivity index (χ3n) is 3.73. The molecule has 25 heavy (non-hydrogen) atoms. The third kappa shape index (κ3) is 2.82.